The molecule has 1 fully saturated rings. The molecule has 0 spiro atoms. The molecule has 0 amide bonds. The molecule has 158 valence electrons. The summed E-state index contributed by atoms with van der Waals surface area (Å²) in [4.78, 5) is 12.2. The van der Waals surface area contributed by atoms with Crippen molar-refractivity contribution in [2.75, 3.05) is 0 Å². The van der Waals surface area contributed by atoms with Crippen LogP contribution in [0.3, 0.4) is 0 Å². The number of benzene rings is 2. The molecule has 0 saturated carbocycles. The molecule has 3 rings (SSSR count). The average Bonchev–Trinajstić information content (AvgIpc) is 2.98. The number of aliphatic carboxylic acids is 1. The summed E-state index contributed by atoms with van der Waals surface area (Å²) < 4.78 is 16.0. The van der Waals surface area contributed by atoms with Gasteiger partial charge in [-0.3, -0.25) is 10.1 Å². The number of halogens is 3. The number of nitrogens with zero attached hydrogens (tertiary/aromatic N) is 1. The largest absolute Gasteiger partial charge is 0.480 e. The minimum Gasteiger partial charge on any atom is -0.480 e. The first-order chi connectivity index (χ1) is 14.0. The summed E-state index contributed by atoms with van der Waals surface area (Å²) in [5.41, 5.74) is -0.728. The summed E-state index contributed by atoms with van der Waals surface area (Å²) >= 11 is 9.44. The molecule has 1 saturated heterocycles. The Bertz CT molecular complexity index is 1000. The highest BCUT2D eigenvalue weighted by Crippen LogP contribution is 2.52. The van der Waals surface area contributed by atoms with E-state index in [-0.39, 0.29) is 16.0 Å². The van der Waals surface area contributed by atoms with Crippen molar-refractivity contribution in [2.24, 2.45) is 5.41 Å². The van der Waals surface area contributed by atoms with Crippen molar-refractivity contribution in [3.05, 3.63) is 68.9 Å². The second-order valence-corrected chi connectivity index (χ2v) is 10.2. The lowest BCUT2D eigenvalue weighted by atomic mass is 9.63. The normalized spacial score (nSPS) is 26.4. The third-order valence-electron chi connectivity index (χ3n) is 5.66. The van der Waals surface area contributed by atoms with Crippen molar-refractivity contribution in [3.8, 4) is 6.07 Å². The van der Waals surface area contributed by atoms with E-state index >= 15 is 4.39 Å². The zero-order chi connectivity index (χ0) is 22.3. The minimum absolute atomic E-state index is 0.0986. The number of carbonyl (C=O) groups is 1. The molecule has 4 nitrogen and oxygen atoms in total. The van der Waals surface area contributed by atoms with Crippen LogP contribution in [-0.2, 0) is 10.2 Å². The number of nitrogens with one attached hydrogen (secondary N) is 1. The Morgan fingerprint density at radius 3 is 2.47 bits per heavy atom. The van der Waals surface area contributed by atoms with Crippen molar-refractivity contribution in [3.63, 3.8) is 0 Å². The molecule has 2 N–H and O–H groups in total. The van der Waals surface area contributed by atoms with Gasteiger partial charge in [0.1, 0.15) is 17.3 Å². The Kier molecular flexibility index (Phi) is 6.29. The van der Waals surface area contributed by atoms with Gasteiger partial charge >= 0.3 is 5.97 Å². The Hall–Kier alpha value is -1.94. The van der Waals surface area contributed by atoms with E-state index in [1.807, 2.05) is 32.9 Å². The predicted octanol–water partition coefficient (Wildman–Crippen LogP) is 5.65. The molecule has 0 bridgehead atoms. The van der Waals surface area contributed by atoms with Crippen LogP contribution in [0.2, 0.25) is 5.02 Å². The van der Waals surface area contributed by atoms with Crippen LogP contribution in [0.4, 0.5) is 4.39 Å². The molecular weight excluding hydrogens is 471 g/mol. The van der Waals surface area contributed by atoms with Crippen LogP contribution in [0.25, 0.3) is 0 Å². The van der Waals surface area contributed by atoms with Crippen LogP contribution >= 0.6 is 27.5 Å². The number of rotatable bonds is 4. The van der Waals surface area contributed by atoms with Gasteiger partial charge in [0, 0.05) is 16.4 Å². The van der Waals surface area contributed by atoms with Gasteiger partial charge in [-0.05, 0) is 41.2 Å². The molecule has 1 aliphatic heterocycles. The van der Waals surface area contributed by atoms with Crippen molar-refractivity contribution in [1.29, 1.82) is 5.26 Å². The maximum absolute atomic E-state index is 15.1. The quantitative estimate of drug-likeness (QED) is 0.577. The highest BCUT2D eigenvalue weighted by atomic mass is 79.9. The molecule has 0 radical (unpaired) electrons. The van der Waals surface area contributed by atoms with E-state index in [1.165, 1.54) is 12.1 Å². The van der Waals surface area contributed by atoms with E-state index in [0.717, 1.165) is 4.47 Å². The standard InChI is InChI=1S/C23H23BrClFN2O2/c1-22(2,3)11-17-23(12-27,13-7-9-14(24)10-8-13)18(20(28-17)21(29)30)15-5-4-6-16(25)19(15)26/h4-10,17-18,20,28H,11H2,1-3H3,(H,29,30). The molecule has 2 aromatic rings. The molecule has 1 aliphatic rings. The first-order valence-corrected chi connectivity index (χ1v) is 10.8. The minimum atomic E-state index is -1.30. The van der Waals surface area contributed by atoms with E-state index in [1.54, 1.807) is 18.2 Å². The molecule has 7 heteroatoms. The van der Waals surface area contributed by atoms with Gasteiger partial charge in [-0.15, -0.1) is 0 Å². The Labute approximate surface area is 189 Å². The summed E-state index contributed by atoms with van der Waals surface area (Å²) in [5, 5.41) is 23.6. The van der Waals surface area contributed by atoms with Crippen molar-refractivity contribution >= 4 is 33.5 Å². The topological polar surface area (TPSA) is 73.1 Å². The Balaban J connectivity index is 2.33. The second-order valence-electron chi connectivity index (χ2n) is 8.91. The van der Waals surface area contributed by atoms with Crippen molar-refractivity contribution in [2.45, 2.75) is 50.6 Å². The Morgan fingerprint density at radius 2 is 1.93 bits per heavy atom. The number of hydrogen-bond acceptors (Lipinski definition) is 3. The van der Waals surface area contributed by atoms with Crippen LogP contribution < -0.4 is 5.32 Å². The average molecular weight is 494 g/mol. The van der Waals surface area contributed by atoms with Crippen LogP contribution in [0.15, 0.2) is 46.9 Å². The zero-order valence-corrected chi connectivity index (χ0v) is 19.3. The lowest BCUT2D eigenvalue weighted by molar-refractivity contribution is -0.139. The number of nitriles is 1. The first-order valence-electron chi connectivity index (χ1n) is 9.61. The van der Waals surface area contributed by atoms with Crippen molar-refractivity contribution < 1.29 is 14.3 Å². The van der Waals surface area contributed by atoms with Gasteiger partial charge < -0.3 is 5.11 Å². The number of hydrogen-bond donors (Lipinski definition) is 2. The molecule has 4 unspecified atom stereocenters. The lowest BCUT2D eigenvalue weighted by Gasteiger charge is -2.37. The molecule has 1 heterocycles. The molecule has 30 heavy (non-hydrogen) atoms. The van der Waals surface area contributed by atoms with E-state index in [2.05, 4.69) is 27.3 Å². The molecule has 0 aromatic heterocycles. The third-order valence-corrected chi connectivity index (χ3v) is 6.48. The highest BCUT2D eigenvalue weighted by Gasteiger charge is 2.60. The zero-order valence-electron chi connectivity index (χ0n) is 16.9. The van der Waals surface area contributed by atoms with Gasteiger partial charge in [-0.1, -0.05) is 72.6 Å². The fourth-order valence-electron chi connectivity index (χ4n) is 4.47. The monoisotopic (exact) mass is 492 g/mol. The summed E-state index contributed by atoms with van der Waals surface area (Å²) in [6.45, 7) is 6.09. The molecule has 4 atom stereocenters. The van der Waals surface area contributed by atoms with E-state index in [4.69, 9.17) is 11.6 Å². The number of carboxylic acids is 1. The number of carboxylic acid groups (broad SMARTS) is 1. The van der Waals surface area contributed by atoms with Gasteiger partial charge in [0.25, 0.3) is 0 Å². The van der Waals surface area contributed by atoms with Crippen LogP contribution in [0.5, 0.6) is 0 Å². The summed E-state index contributed by atoms with van der Waals surface area (Å²) in [6.07, 6.45) is 0.527. The van der Waals surface area contributed by atoms with Crippen molar-refractivity contribution in [1.82, 2.24) is 5.32 Å². The van der Waals surface area contributed by atoms with Gasteiger partial charge in [0.15, 0.2) is 0 Å². The van der Waals surface area contributed by atoms with Gasteiger partial charge in [0.2, 0.25) is 0 Å². The molecule has 0 aliphatic carbocycles. The fourth-order valence-corrected chi connectivity index (χ4v) is 4.92. The maximum Gasteiger partial charge on any atom is 0.321 e. The predicted molar refractivity (Wildman–Crippen MR) is 118 cm³/mol. The lowest BCUT2D eigenvalue weighted by Crippen LogP contribution is -2.44. The van der Waals surface area contributed by atoms with Crippen LogP contribution in [0.1, 0.15) is 44.2 Å². The van der Waals surface area contributed by atoms with Crippen LogP contribution in [-0.4, -0.2) is 23.2 Å². The van der Waals surface area contributed by atoms with E-state index in [9.17, 15) is 15.2 Å². The second kappa shape index (κ2) is 8.30. The molecular formula is C23H23BrClFN2O2. The first kappa shape index (κ1) is 22.7. The van der Waals surface area contributed by atoms with E-state index in [0.29, 0.717) is 12.0 Å². The Morgan fingerprint density at radius 1 is 1.30 bits per heavy atom. The highest BCUT2D eigenvalue weighted by molar-refractivity contribution is 9.10. The summed E-state index contributed by atoms with van der Waals surface area (Å²) in [7, 11) is 0. The fraction of sp³-hybridized carbons (Fsp3) is 0.391. The smallest absolute Gasteiger partial charge is 0.321 e. The van der Waals surface area contributed by atoms with E-state index < -0.39 is 35.2 Å². The molecule has 2 aromatic carbocycles. The van der Waals surface area contributed by atoms with Crippen LogP contribution in [0, 0.1) is 22.6 Å². The maximum atomic E-state index is 15.1. The van der Waals surface area contributed by atoms with Gasteiger partial charge in [-0.2, -0.15) is 5.26 Å². The summed E-state index contributed by atoms with van der Waals surface area (Å²) in [6, 6.07) is 12.5. The SMILES string of the molecule is CC(C)(C)CC1NC(C(=O)O)C(c2cccc(Cl)c2F)C1(C#N)c1ccc(Br)cc1. The van der Waals surface area contributed by atoms with Gasteiger partial charge in [-0.25, -0.2) is 4.39 Å². The van der Waals surface area contributed by atoms with Gasteiger partial charge in [0.05, 0.1) is 11.1 Å². The summed E-state index contributed by atoms with van der Waals surface area (Å²) in [5.74, 6) is -2.79. The third kappa shape index (κ3) is 3.99.